The predicted octanol–water partition coefficient (Wildman–Crippen LogP) is 2.17. The van der Waals surface area contributed by atoms with Crippen LogP contribution >= 0.6 is 11.8 Å². The first-order chi connectivity index (χ1) is 10.2. The topological polar surface area (TPSA) is 39.7 Å². The fraction of sp³-hybridized carbons (Fsp3) is 0.562. The summed E-state index contributed by atoms with van der Waals surface area (Å²) >= 11 is 1.83. The Morgan fingerprint density at radius 1 is 1.19 bits per heavy atom. The molecule has 0 aromatic heterocycles. The van der Waals surface area contributed by atoms with Gasteiger partial charge in [-0.15, -0.1) is 0 Å². The van der Waals surface area contributed by atoms with E-state index in [4.69, 9.17) is 4.99 Å². The number of nitrogens with zero attached hydrogens (tertiary/aromatic N) is 2. The molecule has 0 spiro atoms. The lowest BCUT2D eigenvalue weighted by molar-refractivity contribution is 0.401. The van der Waals surface area contributed by atoms with E-state index in [9.17, 15) is 0 Å². The Hall–Kier alpha value is -1.20. The minimum Gasteiger partial charge on any atom is -0.357 e. The number of thioether (sulfide) groups is 1. The van der Waals surface area contributed by atoms with Crippen molar-refractivity contribution in [3.05, 3.63) is 35.4 Å². The van der Waals surface area contributed by atoms with E-state index in [0.717, 1.165) is 31.3 Å². The van der Waals surface area contributed by atoms with E-state index in [2.05, 4.69) is 67.1 Å². The Kier molecular flexibility index (Phi) is 8.94. The summed E-state index contributed by atoms with van der Waals surface area (Å²) in [6, 6.07) is 8.51. The van der Waals surface area contributed by atoms with Crippen LogP contribution in [0.4, 0.5) is 0 Å². The molecule has 1 aromatic carbocycles. The highest BCUT2D eigenvalue weighted by molar-refractivity contribution is 7.98. The zero-order valence-corrected chi connectivity index (χ0v) is 14.5. The number of guanidine groups is 1. The van der Waals surface area contributed by atoms with Gasteiger partial charge in [-0.05, 0) is 38.4 Å². The van der Waals surface area contributed by atoms with E-state index < -0.39 is 0 Å². The normalized spacial score (nSPS) is 11.8. The average molecular weight is 308 g/mol. The van der Waals surface area contributed by atoms with Gasteiger partial charge in [-0.2, -0.15) is 11.8 Å². The van der Waals surface area contributed by atoms with Crippen LogP contribution in [0, 0.1) is 0 Å². The summed E-state index contributed by atoms with van der Waals surface area (Å²) < 4.78 is 0. The van der Waals surface area contributed by atoms with Gasteiger partial charge in [0.25, 0.3) is 0 Å². The molecule has 0 unspecified atom stereocenters. The van der Waals surface area contributed by atoms with Crippen LogP contribution in [0.25, 0.3) is 0 Å². The number of hydrogen-bond donors (Lipinski definition) is 2. The highest BCUT2D eigenvalue weighted by Crippen LogP contribution is 2.11. The van der Waals surface area contributed by atoms with Crippen molar-refractivity contribution < 1.29 is 0 Å². The van der Waals surface area contributed by atoms with Crippen molar-refractivity contribution in [3.8, 4) is 0 Å². The number of rotatable bonds is 8. The summed E-state index contributed by atoms with van der Waals surface area (Å²) in [4.78, 5) is 6.88. The first kappa shape index (κ1) is 17.9. The van der Waals surface area contributed by atoms with Gasteiger partial charge in [-0.3, -0.25) is 0 Å². The first-order valence-electron chi connectivity index (χ1n) is 7.40. The highest BCUT2D eigenvalue weighted by Gasteiger charge is 2.03. The van der Waals surface area contributed by atoms with Crippen LogP contribution in [0.1, 0.15) is 18.1 Å². The molecule has 0 atom stereocenters. The second-order valence-corrected chi connectivity index (χ2v) is 6.11. The highest BCUT2D eigenvalue weighted by atomic mass is 32.2. The van der Waals surface area contributed by atoms with E-state index in [1.54, 1.807) is 0 Å². The third-order valence-electron chi connectivity index (χ3n) is 2.96. The maximum atomic E-state index is 4.69. The van der Waals surface area contributed by atoms with E-state index >= 15 is 0 Å². The molecule has 0 heterocycles. The molecular formula is C16H28N4S. The van der Waals surface area contributed by atoms with Crippen LogP contribution in [-0.4, -0.2) is 50.1 Å². The van der Waals surface area contributed by atoms with Gasteiger partial charge < -0.3 is 15.5 Å². The molecule has 0 saturated carbocycles. The molecule has 21 heavy (non-hydrogen) atoms. The Balaban J connectivity index is 2.70. The smallest absolute Gasteiger partial charge is 0.191 e. The molecule has 0 bridgehead atoms. The van der Waals surface area contributed by atoms with E-state index in [1.165, 1.54) is 11.1 Å². The molecule has 118 valence electrons. The van der Waals surface area contributed by atoms with Crippen molar-refractivity contribution in [1.82, 2.24) is 15.5 Å². The molecular weight excluding hydrogens is 280 g/mol. The van der Waals surface area contributed by atoms with Gasteiger partial charge in [0.05, 0.1) is 6.54 Å². The third kappa shape index (κ3) is 7.39. The molecule has 0 saturated heterocycles. The lowest BCUT2D eigenvalue weighted by Crippen LogP contribution is -2.38. The van der Waals surface area contributed by atoms with Crippen molar-refractivity contribution in [3.63, 3.8) is 0 Å². The second-order valence-electron chi connectivity index (χ2n) is 5.12. The Morgan fingerprint density at radius 2 is 1.90 bits per heavy atom. The lowest BCUT2D eigenvalue weighted by atomic mass is 10.1. The average Bonchev–Trinajstić information content (AvgIpc) is 2.45. The van der Waals surface area contributed by atoms with Crippen molar-refractivity contribution >= 4 is 17.7 Å². The van der Waals surface area contributed by atoms with Gasteiger partial charge in [0.2, 0.25) is 0 Å². The Morgan fingerprint density at radius 3 is 2.52 bits per heavy atom. The minimum absolute atomic E-state index is 0.707. The van der Waals surface area contributed by atoms with Crippen molar-refractivity contribution in [2.45, 2.75) is 20.0 Å². The number of nitrogens with one attached hydrogen (secondary N) is 2. The SMILES string of the molecule is CCNC(=NCc1ccccc1CN(C)C)NCCSC. The summed E-state index contributed by atoms with van der Waals surface area (Å²) in [6.07, 6.45) is 2.11. The predicted molar refractivity (Wildman–Crippen MR) is 95.0 cm³/mol. The third-order valence-corrected chi connectivity index (χ3v) is 3.57. The lowest BCUT2D eigenvalue weighted by Gasteiger charge is -2.14. The fourth-order valence-electron chi connectivity index (χ4n) is 1.98. The van der Waals surface area contributed by atoms with Gasteiger partial charge >= 0.3 is 0 Å². The zero-order chi connectivity index (χ0) is 15.5. The Bertz CT molecular complexity index is 432. The Labute approximate surface area is 133 Å². The first-order valence-corrected chi connectivity index (χ1v) is 8.79. The van der Waals surface area contributed by atoms with Crippen LogP contribution in [0.5, 0.6) is 0 Å². The number of benzene rings is 1. The van der Waals surface area contributed by atoms with Crippen molar-refractivity contribution in [1.29, 1.82) is 0 Å². The molecule has 5 heteroatoms. The van der Waals surface area contributed by atoms with Crippen LogP contribution in [0.2, 0.25) is 0 Å². The van der Waals surface area contributed by atoms with Crippen LogP contribution in [0.15, 0.2) is 29.3 Å². The molecule has 4 nitrogen and oxygen atoms in total. The molecule has 0 aliphatic heterocycles. The minimum atomic E-state index is 0.707. The summed E-state index contributed by atoms with van der Waals surface area (Å²) in [7, 11) is 4.18. The van der Waals surface area contributed by atoms with Gasteiger partial charge in [-0.25, -0.2) is 4.99 Å². The molecule has 1 rings (SSSR count). The number of hydrogen-bond acceptors (Lipinski definition) is 3. The largest absolute Gasteiger partial charge is 0.357 e. The number of aliphatic imine (C=N–C) groups is 1. The van der Waals surface area contributed by atoms with Crippen LogP contribution in [0.3, 0.4) is 0 Å². The van der Waals surface area contributed by atoms with Gasteiger partial charge in [0, 0.05) is 25.4 Å². The van der Waals surface area contributed by atoms with Crippen LogP contribution < -0.4 is 10.6 Å². The molecule has 0 radical (unpaired) electrons. The zero-order valence-electron chi connectivity index (χ0n) is 13.6. The van der Waals surface area contributed by atoms with Crippen molar-refractivity contribution in [2.24, 2.45) is 4.99 Å². The summed E-state index contributed by atoms with van der Waals surface area (Å²) in [5, 5.41) is 6.65. The van der Waals surface area contributed by atoms with Gasteiger partial charge in [0.15, 0.2) is 5.96 Å². The maximum absolute atomic E-state index is 4.69. The summed E-state index contributed by atoms with van der Waals surface area (Å²) in [6.45, 7) is 5.56. The summed E-state index contributed by atoms with van der Waals surface area (Å²) in [5.74, 6) is 1.98. The van der Waals surface area contributed by atoms with Crippen molar-refractivity contribution in [2.75, 3.05) is 39.2 Å². The maximum Gasteiger partial charge on any atom is 0.191 e. The van der Waals surface area contributed by atoms with Crippen LogP contribution in [-0.2, 0) is 13.1 Å². The molecule has 2 N–H and O–H groups in total. The van der Waals surface area contributed by atoms with E-state index in [1.807, 2.05) is 11.8 Å². The van der Waals surface area contributed by atoms with E-state index in [0.29, 0.717) is 6.54 Å². The molecule has 1 aromatic rings. The molecule has 0 fully saturated rings. The molecule has 0 aliphatic rings. The fourth-order valence-corrected chi connectivity index (χ4v) is 2.29. The van der Waals surface area contributed by atoms with E-state index in [-0.39, 0.29) is 0 Å². The molecule has 0 aliphatic carbocycles. The monoisotopic (exact) mass is 308 g/mol. The standard InChI is InChI=1S/C16H28N4S/c1-5-17-16(18-10-11-21-4)19-12-14-8-6-7-9-15(14)13-20(2)3/h6-9H,5,10-13H2,1-4H3,(H2,17,18,19). The summed E-state index contributed by atoms with van der Waals surface area (Å²) in [5.41, 5.74) is 2.62. The van der Waals surface area contributed by atoms with Gasteiger partial charge in [0.1, 0.15) is 0 Å². The quantitative estimate of drug-likeness (QED) is 0.439. The molecule has 0 amide bonds. The second kappa shape index (κ2) is 10.5. The van der Waals surface area contributed by atoms with Gasteiger partial charge in [-0.1, -0.05) is 24.3 Å².